The van der Waals surface area contributed by atoms with Gasteiger partial charge in [0.15, 0.2) is 0 Å². The second-order valence-corrected chi connectivity index (χ2v) is 5.42. The van der Waals surface area contributed by atoms with Crippen molar-refractivity contribution in [2.45, 2.75) is 32.4 Å². The number of hydrogen-bond acceptors (Lipinski definition) is 2. The van der Waals surface area contributed by atoms with E-state index >= 15 is 0 Å². The number of nitrogens with two attached hydrogens (primary N) is 1. The van der Waals surface area contributed by atoms with Crippen molar-refractivity contribution >= 4 is 5.69 Å². The summed E-state index contributed by atoms with van der Waals surface area (Å²) in [6, 6.07) is 15.4. The lowest BCUT2D eigenvalue weighted by molar-refractivity contribution is 0.530. The number of fused-ring (bicyclic) bond motifs is 1. The van der Waals surface area contributed by atoms with Crippen LogP contribution in [0.4, 0.5) is 5.69 Å². The Balaban J connectivity index is 1.70. The Morgan fingerprint density at radius 2 is 2.11 bits per heavy atom. The Morgan fingerprint density at radius 1 is 1.21 bits per heavy atom. The Bertz CT molecular complexity index is 590. The van der Waals surface area contributed by atoms with Crippen molar-refractivity contribution in [1.82, 2.24) is 5.32 Å². The Labute approximate surface area is 114 Å². The molecule has 0 spiro atoms. The quantitative estimate of drug-likeness (QED) is 0.822. The first-order chi connectivity index (χ1) is 9.22. The third-order valence-corrected chi connectivity index (χ3v) is 3.88. The zero-order chi connectivity index (χ0) is 13.2. The van der Waals surface area contributed by atoms with Gasteiger partial charge in [-0.1, -0.05) is 35.9 Å². The van der Waals surface area contributed by atoms with Gasteiger partial charge in [-0.25, -0.2) is 0 Å². The highest BCUT2D eigenvalue weighted by molar-refractivity contribution is 5.47. The van der Waals surface area contributed by atoms with E-state index in [1.165, 1.54) is 28.7 Å². The molecule has 0 amide bonds. The molecule has 2 aromatic rings. The van der Waals surface area contributed by atoms with Crippen LogP contribution in [-0.4, -0.2) is 0 Å². The average molecular weight is 252 g/mol. The first-order valence-corrected chi connectivity index (χ1v) is 6.89. The van der Waals surface area contributed by atoms with E-state index < -0.39 is 0 Å². The minimum Gasteiger partial charge on any atom is -0.399 e. The fraction of sp³-hybridized carbons (Fsp3) is 0.294. The van der Waals surface area contributed by atoms with E-state index in [0.717, 1.165) is 18.7 Å². The molecule has 0 saturated heterocycles. The number of hydrogen-bond donors (Lipinski definition) is 2. The fourth-order valence-corrected chi connectivity index (χ4v) is 2.91. The van der Waals surface area contributed by atoms with Crippen molar-refractivity contribution in [3.8, 4) is 0 Å². The summed E-state index contributed by atoms with van der Waals surface area (Å²) in [5.41, 5.74) is 12.2. The number of nitrogen functional groups attached to an aromatic ring is 1. The van der Waals surface area contributed by atoms with Gasteiger partial charge >= 0.3 is 0 Å². The lowest BCUT2D eigenvalue weighted by atomic mass is 10.1. The molecule has 3 N–H and O–H groups in total. The van der Waals surface area contributed by atoms with Gasteiger partial charge in [0.25, 0.3) is 0 Å². The normalized spacial score (nSPS) is 17.4. The number of rotatable bonds is 3. The van der Waals surface area contributed by atoms with Crippen LogP contribution in [0.3, 0.4) is 0 Å². The highest BCUT2D eigenvalue weighted by Gasteiger charge is 2.21. The van der Waals surface area contributed by atoms with Gasteiger partial charge in [0.1, 0.15) is 0 Å². The minimum atomic E-state index is 0.469. The first-order valence-electron chi connectivity index (χ1n) is 6.89. The molecule has 0 aromatic heterocycles. The first kappa shape index (κ1) is 12.2. The van der Waals surface area contributed by atoms with E-state index in [1.807, 2.05) is 6.07 Å². The van der Waals surface area contributed by atoms with Crippen molar-refractivity contribution in [2.75, 3.05) is 5.73 Å². The van der Waals surface area contributed by atoms with Crippen molar-refractivity contribution < 1.29 is 0 Å². The summed E-state index contributed by atoms with van der Waals surface area (Å²) in [5.74, 6) is 0. The summed E-state index contributed by atoms with van der Waals surface area (Å²) in [6.45, 7) is 3.06. The van der Waals surface area contributed by atoms with Gasteiger partial charge < -0.3 is 11.1 Å². The van der Waals surface area contributed by atoms with Crippen LogP contribution in [0.2, 0.25) is 0 Å². The van der Waals surface area contributed by atoms with E-state index in [9.17, 15) is 0 Å². The van der Waals surface area contributed by atoms with Crippen molar-refractivity contribution in [2.24, 2.45) is 0 Å². The number of anilines is 1. The van der Waals surface area contributed by atoms with Crippen LogP contribution in [-0.2, 0) is 13.0 Å². The van der Waals surface area contributed by atoms with E-state index in [0.29, 0.717) is 6.04 Å². The molecule has 0 fully saturated rings. The maximum atomic E-state index is 5.84. The second-order valence-electron chi connectivity index (χ2n) is 5.42. The van der Waals surface area contributed by atoms with Gasteiger partial charge in [0.05, 0.1) is 0 Å². The molecule has 1 unspecified atom stereocenters. The maximum Gasteiger partial charge on any atom is 0.0329 e. The van der Waals surface area contributed by atoms with Crippen LogP contribution in [0.5, 0.6) is 0 Å². The van der Waals surface area contributed by atoms with Crippen LogP contribution >= 0.6 is 0 Å². The lowest BCUT2D eigenvalue weighted by Gasteiger charge is -2.14. The van der Waals surface area contributed by atoms with E-state index in [4.69, 9.17) is 5.73 Å². The average Bonchev–Trinajstić information content (AvgIpc) is 2.78. The zero-order valence-electron chi connectivity index (χ0n) is 11.3. The SMILES string of the molecule is Cc1cccc(CNC2CCc3cc(N)ccc32)c1. The predicted octanol–water partition coefficient (Wildman–Crippen LogP) is 3.35. The summed E-state index contributed by atoms with van der Waals surface area (Å²) in [4.78, 5) is 0. The number of nitrogens with one attached hydrogen (secondary N) is 1. The molecule has 3 rings (SSSR count). The highest BCUT2D eigenvalue weighted by Crippen LogP contribution is 2.32. The van der Waals surface area contributed by atoms with Crippen LogP contribution in [0.1, 0.15) is 34.7 Å². The van der Waals surface area contributed by atoms with E-state index in [2.05, 4.69) is 48.6 Å². The molecule has 1 atom stereocenters. The van der Waals surface area contributed by atoms with Crippen molar-refractivity contribution in [3.05, 3.63) is 64.7 Å². The largest absolute Gasteiger partial charge is 0.399 e. The Morgan fingerprint density at radius 3 is 2.95 bits per heavy atom. The van der Waals surface area contributed by atoms with Gasteiger partial charge in [0.2, 0.25) is 0 Å². The van der Waals surface area contributed by atoms with Gasteiger partial charge in [-0.15, -0.1) is 0 Å². The molecule has 0 aliphatic heterocycles. The monoisotopic (exact) mass is 252 g/mol. The molecule has 98 valence electrons. The maximum absolute atomic E-state index is 5.84. The molecule has 2 aromatic carbocycles. The molecule has 19 heavy (non-hydrogen) atoms. The van der Waals surface area contributed by atoms with Crippen LogP contribution < -0.4 is 11.1 Å². The van der Waals surface area contributed by atoms with Crippen molar-refractivity contribution in [1.29, 1.82) is 0 Å². The highest BCUT2D eigenvalue weighted by atomic mass is 14.9. The molecule has 0 bridgehead atoms. The van der Waals surface area contributed by atoms with E-state index in [-0.39, 0.29) is 0 Å². The number of aryl methyl sites for hydroxylation is 2. The molecule has 1 aliphatic carbocycles. The summed E-state index contributed by atoms with van der Waals surface area (Å²) < 4.78 is 0. The number of benzene rings is 2. The standard InChI is InChI=1S/C17H20N2/c1-12-3-2-4-13(9-12)11-19-17-8-5-14-10-15(18)6-7-16(14)17/h2-4,6-7,9-10,17,19H,5,8,11,18H2,1H3. The molecule has 1 aliphatic rings. The summed E-state index contributed by atoms with van der Waals surface area (Å²) >= 11 is 0. The zero-order valence-corrected chi connectivity index (χ0v) is 11.3. The Kier molecular flexibility index (Phi) is 3.26. The minimum absolute atomic E-state index is 0.469. The van der Waals surface area contributed by atoms with Crippen LogP contribution in [0.25, 0.3) is 0 Å². The summed E-state index contributed by atoms with van der Waals surface area (Å²) in [7, 11) is 0. The topological polar surface area (TPSA) is 38.0 Å². The van der Waals surface area contributed by atoms with Gasteiger partial charge in [0, 0.05) is 18.3 Å². The van der Waals surface area contributed by atoms with Crippen LogP contribution in [0.15, 0.2) is 42.5 Å². The molecular weight excluding hydrogens is 232 g/mol. The third-order valence-electron chi connectivity index (χ3n) is 3.88. The Hall–Kier alpha value is -1.80. The molecular formula is C17H20N2. The van der Waals surface area contributed by atoms with E-state index in [1.54, 1.807) is 0 Å². The van der Waals surface area contributed by atoms with Gasteiger partial charge in [-0.2, -0.15) is 0 Å². The molecule has 2 heteroatoms. The van der Waals surface area contributed by atoms with Gasteiger partial charge in [-0.3, -0.25) is 0 Å². The second kappa shape index (κ2) is 5.06. The predicted molar refractivity (Wildman–Crippen MR) is 79.9 cm³/mol. The molecule has 0 saturated carbocycles. The molecule has 2 nitrogen and oxygen atoms in total. The molecule has 0 radical (unpaired) electrons. The lowest BCUT2D eigenvalue weighted by Crippen LogP contribution is -2.18. The fourth-order valence-electron chi connectivity index (χ4n) is 2.91. The van der Waals surface area contributed by atoms with Gasteiger partial charge in [-0.05, 0) is 48.6 Å². The smallest absolute Gasteiger partial charge is 0.0329 e. The summed E-state index contributed by atoms with van der Waals surface area (Å²) in [5, 5.41) is 3.66. The van der Waals surface area contributed by atoms with Crippen LogP contribution in [0, 0.1) is 6.92 Å². The van der Waals surface area contributed by atoms with Crippen molar-refractivity contribution in [3.63, 3.8) is 0 Å². The third kappa shape index (κ3) is 2.64. The molecule has 0 heterocycles. The summed E-state index contributed by atoms with van der Waals surface area (Å²) in [6.07, 6.45) is 2.30.